The zero-order chi connectivity index (χ0) is 15.5. The Balaban J connectivity index is 2.33. The minimum atomic E-state index is -1.58. The van der Waals surface area contributed by atoms with Gasteiger partial charge in [-0.15, -0.1) is 0 Å². The zero-order valence-electron chi connectivity index (χ0n) is 11.3. The third kappa shape index (κ3) is 3.00. The van der Waals surface area contributed by atoms with Crippen LogP contribution in [0.25, 0.3) is 0 Å². The number of aromatic nitrogens is 1. The van der Waals surface area contributed by atoms with Gasteiger partial charge in [-0.3, -0.25) is 9.78 Å². The second-order valence-corrected chi connectivity index (χ2v) is 4.68. The fourth-order valence-electron chi connectivity index (χ4n) is 1.87. The van der Waals surface area contributed by atoms with Crippen molar-refractivity contribution < 1.29 is 19.8 Å². The number of aliphatic carboxylic acids is 1. The maximum Gasteiger partial charge on any atom is 0.333 e. The number of pyridine rings is 1. The van der Waals surface area contributed by atoms with Crippen molar-refractivity contribution in [3.8, 4) is 5.75 Å². The van der Waals surface area contributed by atoms with E-state index >= 15 is 0 Å². The molecule has 0 aliphatic rings. The number of carbonyl (C=O) groups excluding carboxylic acids is 1. The summed E-state index contributed by atoms with van der Waals surface area (Å²) >= 11 is 0. The molecule has 1 aromatic carbocycles. The molecule has 0 fully saturated rings. The molecule has 0 spiro atoms. The molecule has 1 unspecified atom stereocenters. The van der Waals surface area contributed by atoms with Crippen molar-refractivity contribution >= 4 is 11.9 Å². The van der Waals surface area contributed by atoms with E-state index < -0.39 is 17.4 Å². The number of benzene rings is 1. The molecule has 1 heterocycles. The molecule has 2 rings (SSSR count). The second kappa shape index (κ2) is 5.62. The lowest BCUT2D eigenvalue weighted by Crippen LogP contribution is -2.49. The minimum absolute atomic E-state index is 0.0819. The standard InChI is InChI=1S/C15H14N2O4/c1-15(14(20)21,11-5-3-2-4-6-11)17-13(19)10-7-12(18)9-16-8-10/h2-9,18H,1H3,(H,17,19)(H,20,21). The van der Waals surface area contributed by atoms with Crippen molar-refractivity contribution in [3.63, 3.8) is 0 Å². The van der Waals surface area contributed by atoms with Gasteiger partial charge in [-0.05, 0) is 18.6 Å². The van der Waals surface area contributed by atoms with Gasteiger partial charge in [0.1, 0.15) is 5.75 Å². The van der Waals surface area contributed by atoms with Gasteiger partial charge in [0.05, 0.1) is 11.8 Å². The van der Waals surface area contributed by atoms with E-state index in [9.17, 15) is 19.8 Å². The molecule has 0 saturated heterocycles. The molecule has 3 N–H and O–H groups in total. The first-order valence-electron chi connectivity index (χ1n) is 6.19. The van der Waals surface area contributed by atoms with Crippen molar-refractivity contribution in [3.05, 3.63) is 59.9 Å². The highest BCUT2D eigenvalue weighted by Gasteiger charge is 2.37. The van der Waals surface area contributed by atoms with E-state index in [-0.39, 0.29) is 11.3 Å². The maximum atomic E-state index is 12.2. The van der Waals surface area contributed by atoms with E-state index in [1.807, 2.05) is 0 Å². The van der Waals surface area contributed by atoms with Crippen molar-refractivity contribution in [1.82, 2.24) is 10.3 Å². The summed E-state index contributed by atoms with van der Waals surface area (Å²) in [6.45, 7) is 1.40. The smallest absolute Gasteiger partial charge is 0.333 e. The summed E-state index contributed by atoms with van der Waals surface area (Å²) in [7, 11) is 0. The van der Waals surface area contributed by atoms with E-state index in [4.69, 9.17) is 0 Å². The molecule has 0 aliphatic heterocycles. The van der Waals surface area contributed by atoms with Crippen LogP contribution in [0.1, 0.15) is 22.8 Å². The topological polar surface area (TPSA) is 99.5 Å². The molecule has 21 heavy (non-hydrogen) atoms. The third-order valence-electron chi connectivity index (χ3n) is 3.13. The van der Waals surface area contributed by atoms with E-state index in [1.165, 1.54) is 25.4 Å². The number of carboxylic acids is 1. The highest BCUT2D eigenvalue weighted by Crippen LogP contribution is 2.22. The fraction of sp³-hybridized carbons (Fsp3) is 0.133. The number of aromatic hydroxyl groups is 1. The largest absolute Gasteiger partial charge is 0.506 e. The first-order valence-corrected chi connectivity index (χ1v) is 6.19. The maximum absolute atomic E-state index is 12.2. The molecule has 1 amide bonds. The second-order valence-electron chi connectivity index (χ2n) is 4.68. The number of carboxylic acid groups (broad SMARTS) is 1. The number of rotatable bonds is 4. The first kappa shape index (κ1) is 14.5. The summed E-state index contributed by atoms with van der Waals surface area (Å²) in [5.41, 5.74) is -1.05. The summed E-state index contributed by atoms with van der Waals surface area (Å²) < 4.78 is 0. The Hall–Kier alpha value is -2.89. The molecule has 108 valence electrons. The SMILES string of the molecule is CC(NC(=O)c1cncc(O)c1)(C(=O)O)c1ccccc1. The van der Waals surface area contributed by atoms with Crippen molar-refractivity contribution in [1.29, 1.82) is 0 Å². The molecule has 6 nitrogen and oxygen atoms in total. The predicted octanol–water partition coefficient (Wildman–Crippen LogP) is 1.52. The van der Waals surface area contributed by atoms with Gasteiger partial charge in [-0.1, -0.05) is 30.3 Å². The van der Waals surface area contributed by atoms with Gasteiger partial charge in [0, 0.05) is 6.20 Å². The highest BCUT2D eigenvalue weighted by atomic mass is 16.4. The summed E-state index contributed by atoms with van der Waals surface area (Å²) in [6, 6.07) is 9.60. The number of carbonyl (C=O) groups is 2. The summed E-state index contributed by atoms with van der Waals surface area (Å²) in [5.74, 6) is -1.98. The molecular formula is C15H14N2O4. The van der Waals surface area contributed by atoms with Crippen LogP contribution in [-0.4, -0.2) is 27.1 Å². The van der Waals surface area contributed by atoms with Gasteiger partial charge in [0.15, 0.2) is 5.54 Å². The zero-order valence-corrected chi connectivity index (χ0v) is 11.3. The van der Waals surface area contributed by atoms with E-state index in [1.54, 1.807) is 30.3 Å². The minimum Gasteiger partial charge on any atom is -0.506 e. The van der Waals surface area contributed by atoms with Gasteiger partial charge >= 0.3 is 5.97 Å². The number of hydrogen-bond donors (Lipinski definition) is 3. The van der Waals surface area contributed by atoms with Crippen molar-refractivity contribution in [2.75, 3.05) is 0 Å². The lowest BCUT2D eigenvalue weighted by molar-refractivity contribution is -0.144. The number of nitrogens with one attached hydrogen (secondary N) is 1. The van der Waals surface area contributed by atoms with Crippen LogP contribution in [0.2, 0.25) is 0 Å². The normalized spacial score (nSPS) is 13.2. The Morgan fingerprint density at radius 2 is 1.86 bits per heavy atom. The van der Waals surface area contributed by atoms with Gasteiger partial charge in [-0.2, -0.15) is 0 Å². The van der Waals surface area contributed by atoms with Crippen molar-refractivity contribution in [2.24, 2.45) is 0 Å². The van der Waals surface area contributed by atoms with Gasteiger partial charge in [0.25, 0.3) is 5.91 Å². The molecule has 1 atom stereocenters. The quantitative estimate of drug-likeness (QED) is 0.791. The van der Waals surface area contributed by atoms with Crippen LogP contribution in [-0.2, 0) is 10.3 Å². The van der Waals surface area contributed by atoms with E-state index in [0.29, 0.717) is 5.56 Å². The molecule has 0 radical (unpaired) electrons. The summed E-state index contributed by atoms with van der Waals surface area (Å²) in [5, 5.41) is 21.2. The van der Waals surface area contributed by atoms with Crippen LogP contribution in [0.3, 0.4) is 0 Å². The first-order chi connectivity index (χ1) is 9.93. The lowest BCUT2D eigenvalue weighted by atomic mass is 9.91. The third-order valence-corrected chi connectivity index (χ3v) is 3.13. The molecule has 0 saturated carbocycles. The van der Waals surface area contributed by atoms with Crippen LogP contribution < -0.4 is 5.32 Å². The van der Waals surface area contributed by atoms with Crippen LogP contribution in [0, 0.1) is 0 Å². The van der Waals surface area contributed by atoms with Gasteiger partial charge in [-0.25, -0.2) is 4.79 Å². The summed E-state index contributed by atoms with van der Waals surface area (Å²) in [6.07, 6.45) is 2.44. The molecule has 6 heteroatoms. The van der Waals surface area contributed by atoms with E-state index in [0.717, 1.165) is 0 Å². The lowest BCUT2D eigenvalue weighted by Gasteiger charge is -2.26. The Kier molecular flexibility index (Phi) is 3.89. The highest BCUT2D eigenvalue weighted by molar-refractivity contribution is 5.98. The van der Waals surface area contributed by atoms with Gasteiger partial charge < -0.3 is 15.5 Å². The average Bonchev–Trinajstić information content (AvgIpc) is 2.47. The monoisotopic (exact) mass is 286 g/mol. The van der Waals surface area contributed by atoms with Crippen LogP contribution in [0.5, 0.6) is 5.75 Å². The molecule has 0 bridgehead atoms. The molecule has 2 aromatic rings. The Labute approximate surface area is 121 Å². The molecular weight excluding hydrogens is 272 g/mol. The number of hydrogen-bond acceptors (Lipinski definition) is 4. The van der Waals surface area contributed by atoms with E-state index in [2.05, 4.69) is 10.3 Å². The van der Waals surface area contributed by atoms with Crippen LogP contribution >= 0.6 is 0 Å². The Morgan fingerprint density at radius 3 is 2.43 bits per heavy atom. The number of nitrogens with zero attached hydrogens (tertiary/aromatic N) is 1. The van der Waals surface area contributed by atoms with Crippen molar-refractivity contribution in [2.45, 2.75) is 12.5 Å². The molecule has 1 aromatic heterocycles. The fourth-order valence-corrected chi connectivity index (χ4v) is 1.87. The van der Waals surface area contributed by atoms with Crippen LogP contribution in [0.4, 0.5) is 0 Å². The number of amides is 1. The van der Waals surface area contributed by atoms with Crippen LogP contribution in [0.15, 0.2) is 48.8 Å². The predicted molar refractivity (Wildman–Crippen MR) is 74.8 cm³/mol. The molecule has 0 aliphatic carbocycles. The Bertz CT molecular complexity index is 672. The average molecular weight is 286 g/mol. The van der Waals surface area contributed by atoms with Gasteiger partial charge in [0.2, 0.25) is 0 Å². The summed E-state index contributed by atoms with van der Waals surface area (Å²) in [4.78, 5) is 27.4. The Morgan fingerprint density at radius 1 is 1.19 bits per heavy atom.